The van der Waals surface area contributed by atoms with Gasteiger partial charge in [0.2, 0.25) is 5.91 Å². The van der Waals surface area contributed by atoms with Crippen molar-refractivity contribution in [3.8, 4) is 0 Å². The van der Waals surface area contributed by atoms with Crippen molar-refractivity contribution >= 4 is 12.0 Å². The molecule has 1 fully saturated rings. The number of carbonyl (C=O) groups is 2. The zero-order valence-electron chi connectivity index (χ0n) is 15.6. The van der Waals surface area contributed by atoms with E-state index in [1.807, 2.05) is 30.3 Å². The van der Waals surface area contributed by atoms with E-state index in [4.69, 9.17) is 4.74 Å². The normalized spacial score (nSPS) is 19.8. The molecule has 3 rings (SSSR count). The Hall–Kier alpha value is -2.80. The van der Waals surface area contributed by atoms with Gasteiger partial charge in [-0.15, -0.1) is 0 Å². The fraction of sp³-hybridized carbons (Fsp3) is 0.333. The van der Waals surface area contributed by atoms with E-state index in [-0.39, 0.29) is 12.2 Å². The van der Waals surface area contributed by atoms with Crippen LogP contribution in [-0.4, -0.2) is 34.7 Å². The maximum absolute atomic E-state index is 14.2. The predicted octanol–water partition coefficient (Wildman–Crippen LogP) is 3.40. The van der Waals surface area contributed by atoms with E-state index in [9.17, 15) is 23.5 Å². The summed E-state index contributed by atoms with van der Waals surface area (Å²) in [5.41, 5.74) is -1.25. The van der Waals surface area contributed by atoms with Gasteiger partial charge >= 0.3 is 6.09 Å². The van der Waals surface area contributed by atoms with E-state index in [0.717, 1.165) is 22.6 Å². The van der Waals surface area contributed by atoms with Gasteiger partial charge in [-0.25, -0.2) is 18.5 Å². The van der Waals surface area contributed by atoms with Gasteiger partial charge in [0, 0.05) is 11.6 Å². The zero-order chi connectivity index (χ0) is 20.5. The Morgan fingerprint density at radius 3 is 2.61 bits per heavy atom. The van der Waals surface area contributed by atoms with Gasteiger partial charge in [0.15, 0.2) is 0 Å². The van der Waals surface area contributed by atoms with Crippen LogP contribution in [0.4, 0.5) is 13.6 Å². The van der Waals surface area contributed by atoms with Crippen molar-refractivity contribution in [1.82, 2.24) is 4.90 Å². The van der Waals surface area contributed by atoms with Crippen molar-refractivity contribution in [2.24, 2.45) is 5.92 Å². The number of ether oxygens (including phenoxy) is 1. The Kier molecular flexibility index (Phi) is 5.47. The fourth-order valence-corrected chi connectivity index (χ4v) is 3.35. The number of amides is 2. The van der Waals surface area contributed by atoms with E-state index >= 15 is 0 Å². The van der Waals surface area contributed by atoms with Crippen LogP contribution in [0.25, 0.3) is 0 Å². The topological polar surface area (TPSA) is 66.8 Å². The molecule has 0 saturated carbocycles. The highest BCUT2D eigenvalue weighted by Crippen LogP contribution is 2.34. The zero-order valence-corrected chi connectivity index (χ0v) is 15.6. The van der Waals surface area contributed by atoms with Gasteiger partial charge in [-0.05, 0) is 25.0 Å². The number of nitrogens with zero attached hydrogens (tertiary/aromatic N) is 1. The Labute approximate surface area is 161 Å². The van der Waals surface area contributed by atoms with Gasteiger partial charge < -0.3 is 9.84 Å². The summed E-state index contributed by atoms with van der Waals surface area (Å²) >= 11 is 0. The first kappa shape index (κ1) is 19.9. The smallest absolute Gasteiger partial charge is 0.416 e. The molecule has 1 N–H and O–H groups in total. The van der Waals surface area contributed by atoms with E-state index in [2.05, 4.69) is 0 Å². The van der Waals surface area contributed by atoms with Crippen LogP contribution in [0.1, 0.15) is 25.0 Å². The van der Waals surface area contributed by atoms with Gasteiger partial charge in [0.25, 0.3) is 0 Å². The number of cyclic esters (lactones) is 1. The van der Waals surface area contributed by atoms with Crippen molar-refractivity contribution in [3.05, 3.63) is 71.3 Å². The molecule has 2 amide bonds. The van der Waals surface area contributed by atoms with Crippen molar-refractivity contribution in [2.75, 3.05) is 6.61 Å². The van der Waals surface area contributed by atoms with Crippen molar-refractivity contribution in [3.63, 3.8) is 0 Å². The third-order valence-electron chi connectivity index (χ3n) is 5.20. The third-order valence-corrected chi connectivity index (χ3v) is 5.20. The van der Waals surface area contributed by atoms with E-state index in [1.165, 1.54) is 13.8 Å². The number of hydrogen-bond donors (Lipinski definition) is 1. The number of rotatable bonds is 5. The molecule has 2 aromatic rings. The number of carbonyl (C=O) groups excluding carboxylic acids is 2. The second-order valence-electron chi connectivity index (χ2n) is 7.12. The summed E-state index contributed by atoms with van der Waals surface area (Å²) in [6.07, 6.45) is -0.397. The molecule has 0 unspecified atom stereocenters. The molecule has 7 heteroatoms. The summed E-state index contributed by atoms with van der Waals surface area (Å²) in [4.78, 5) is 26.2. The molecule has 1 aliphatic rings. The van der Waals surface area contributed by atoms with E-state index in [0.29, 0.717) is 12.5 Å². The average molecular weight is 389 g/mol. The highest BCUT2D eigenvalue weighted by atomic mass is 19.1. The molecule has 2 aromatic carbocycles. The summed E-state index contributed by atoms with van der Waals surface area (Å²) in [5.74, 6) is -3.61. The van der Waals surface area contributed by atoms with Crippen LogP contribution in [0.2, 0.25) is 0 Å². The minimum Gasteiger partial charge on any atom is -0.447 e. The van der Waals surface area contributed by atoms with Gasteiger partial charge in [0.1, 0.15) is 23.8 Å². The number of benzene rings is 2. The first-order valence-corrected chi connectivity index (χ1v) is 8.93. The number of halogens is 2. The molecule has 28 heavy (non-hydrogen) atoms. The van der Waals surface area contributed by atoms with Crippen LogP contribution in [-0.2, 0) is 21.6 Å². The van der Waals surface area contributed by atoms with Crippen molar-refractivity contribution in [2.45, 2.75) is 31.9 Å². The summed E-state index contributed by atoms with van der Waals surface area (Å²) < 4.78 is 32.4. The highest BCUT2D eigenvalue weighted by Gasteiger charge is 2.46. The molecular weight excluding hydrogens is 368 g/mol. The summed E-state index contributed by atoms with van der Waals surface area (Å²) in [6.45, 7) is 2.70. The van der Waals surface area contributed by atoms with Crippen LogP contribution in [0.3, 0.4) is 0 Å². The number of imide groups is 1. The largest absolute Gasteiger partial charge is 0.447 e. The maximum Gasteiger partial charge on any atom is 0.416 e. The second kappa shape index (κ2) is 7.67. The maximum atomic E-state index is 14.2. The standard InChI is InChI=1S/C21H21F2NO4/c1-13(21(2,27)17-9-8-15(22)11-18(17)23)19(25)24-16(12-28-20(24)26)10-14-6-4-3-5-7-14/h3-9,11,13,16,27H,10,12H2,1-2H3/t13-,16-,21+/m0/s1. The van der Waals surface area contributed by atoms with Crippen LogP contribution >= 0.6 is 0 Å². The molecule has 1 heterocycles. The van der Waals surface area contributed by atoms with Crippen molar-refractivity contribution < 1.29 is 28.2 Å². The van der Waals surface area contributed by atoms with E-state index in [1.54, 1.807) is 0 Å². The van der Waals surface area contributed by atoms with Crippen LogP contribution < -0.4 is 0 Å². The van der Waals surface area contributed by atoms with Crippen LogP contribution in [0.5, 0.6) is 0 Å². The molecule has 0 radical (unpaired) electrons. The average Bonchev–Trinajstić information content (AvgIpc) is 3.01. The molecule has 5 nitrogen and oxygen atoms in total. The van der Waals surface area contributed by atoms with Gasteiger partial charge in [-0.3, -0.25) is 4.79 Å². The fourth-order valence-electron chi connectivity index (χ4n) is 3.35. The van der Waals surface area contributed by atoms with E-state index < -0.39 is 41.2 Å². The van der Waals surface area contributed by atoms with Gasteiger partial charge in [-0.2, -0.15) is 0 Å². The lowest BCUT2D eigenvalue weighted by atomic mass is 9.82. The summed E-state index contributed by atoms with van der Waals surface area (Å²) in [7, 11) is 0. The van der Waals surface area contributed by atoms with Crippen LogP contribution in [0, 0.1) is 17.6 Å². The van der Waals surface area contributed by atoms with Gasteiger partial charge in [-0.1, -0.05) is 43.3 Å². The molecular formula is C21H21F2NO4. The Morgan fingerprint density at radius 1 is 1.29 bits per heavy atom. The number of hydrogen-bond acceptors (Lipinski definition) is 4. The molecule has 3 atom stereocenters. The first-order chi connectivity index (χ1) is 13.2. The van der Waals surface area contributed by atoms with Crippen LogP contribution in [0.15, 0.2) is 48.5 Å². The Morgan fingerprint density at radius 2 is 1.96 bits per heavy atom. The lowest BCUT2D eigenvalue weighted by Crippen LogP contribution is -2.48. The summed E-state index contributed by atoms with van der Waals surface area (Å²) in [6, 6.07) is 11.5. The minimum atomic E-state index is -1.95. The Bertz CT molecular complexity index is 885. The molecule has 1 saturated heterocycles. The monoisotopic (exact) mass is 389 g/mol. The first-order valence-electron chi connectivity index (χ1n) is 8.93. The molecule has 1 aliphatic heterocycles. The molecule has 0 aliphatic carbocycles. The second-order valence-corrected chi connectivity index (χ2v) is 7.12. The van der Waals surface area contributed by atoms with Crippen molar-refractivity contribution in [1.29, 1.82) is 0 Å². The minimum absolute atomic E-state index is 0.0409. The molecule has 148 valence electrons. The SMILES string of the molecule is C[C@@H](C(=O)N1C(=O)OC[C@@H]1Cc1ccccc1)[C@@](C)(O)c1ccc(F)cc1F. The van der Waals surface area contributed by atoms with Gasteiger partial charge in [0.05, 0.1) is 12.0 Å². The quantitative estimate of drug-likeness (QED) is 0.851. The Balaban J connectivity index is 1.84. The lowest BCUT2D eigenvalue weighted by Gasteiger charge is -2.33. The molecule has 0 bridgehead atoms. The highest BCUT2D eigenvalue weighted by molar-refractivity contribution is 5.95. The third kappa shape index (κ3) is 3.75. The predicted molar refractivity (Wildman–Crippen MR) is 97.2 cm³/mol. The lowest BCUT2D eigenvalue weighted by molar-refractivity contribution is -0.142. The summed E-state index contributed by atoms with van der Waals surface area (Å²) in [5, 5.41) is 10.9. The number of aliphatic hydroxyl groups is 1. The molecule has 0 spiro atoms. The molecule has 0 aromatic heterocycles.